The van der Waals surface area contributed by atoms with Crippen molar-refractivity contribution in [2.75, 3.05) is 6.54 Å². The highest BCUT2D eigenvalue weighted by Gasteiger charge is 2.20. The van der Waals surface area contributed by atoms with Gasteiger partial charge in [-0.2, -0.15) is 0 Å². The standard InChI is InChI=1S/C11H18N6O2/c1-8(18)13-15-11(19)7-17-6-10(14-16-17)5-12-4-9-2-3-9/h6,9,12H,2-5,7H2,1H3,(H,13,18)(H,15,19). The Morgan fingerprint density at radius 2 is 2.21 bits per heavy atom. The second-order valence-corrected chi connectivity index (χ2v) is 4.71. The molecule has 1 aliphatic carbocycles. The summed E-state index contributed by atoms with van der Waals surface area (Å²) in [6.07, 6.45) is 4.33. The number of amides is 2. The molecule has 0 spiro atoms. The molecule has 2 amide bonds. The number of hydrazine groups is 1. The minimum absolute atomic E-state index is 0.0237. The van der Waals surface area contributed by atoms with Gasteiger partial charge in [0.1, 0.15) is 6.54 Å². The first kappa shape index (κ1) is 13.5. The van der Waals surface area contributed by atoms with E-state index in [-0.39, 0.29) is 18.4 Å². The smallest absolute Gasteiger partial charge is 0.260 e. The van der Waals surface area contributed by atoms with Gasteiger partial charge in [0.05, 0.1) is 11.9 Å². The fourth-order valence-corrected chi connectivity index (χ4v) is 1.57. The molecule has 0 atom stereocenters. The number of hydrogen-bond donors (Lipinski definition) is 3. The van der Waals surface area contributed by atoms with Crippen molar-refractivity contribution in [3.8, 4) is 0 Å². The fourth-order valence-electron chi connectivity index (χ4n) is 1.57. The van der Waals surface area contributed by atoms with Gasteiger partial charge in [-0.15, -0.1) is 5.10 Å². The van der Waals surface area contributed by atoms with Gasteiger partial charge in [0.2, 0.25) is 5.91 Å². The summed E-state index contributed by atoms with van der Waals surface area (Å²) in [5.41, 5.74) is 5.28. The molecule has 8 nitrogen and oxygen atoms in total. The Bertz CT molecular complexity index is 454. The molecule has 1 aromatic heterocycles. The Morgan fingerprint density at radius 3 is 2.89 bits per heavy atom. The van der Waals surface area contributed by atoms with Gasteiger partial charge in [0.25, 0.3) is 5.91 Å². The molecular formula is C11H18N6O2. The Balaban J connectivity index is 1.69. The molecule has 0 bridgehead atoms. The Kier molecular flexibility index (Phi) is 4.45. The summed E-state index contributed by atoms with van der Waals surface area (Å²) in [5, 5.41) is 11.1. The Labute approximate surface area is 110 Å². The van der Waals surface area contributed by atoms with Crippen molar-refractivity contribution in [3.63, 3.8) is 0 Å². The lowest BCUT2D eigenvalue weighted by molar-refractivity contribution is -0.128. The highest BCUT2D eigenvalue weighted by Crippen LogP contribution is 2.27. The van der Waals surface area contributed by atoms with Crippen molar-refractivity contribution in [2.45, 2.75) is 32.9 Å². The van der Waals surface area contributed by atoms with Gasteiger partial charge in [-0.05, 0) is 25.3 Å². The predicted octanol–water partition coefficient (Wildman–Crippen LogP) is -1.05. The van der Waals surface area contributed by atoms with E-state index in [1.54, 1.807) is 6.20 Å². The van der Waals surface area contributed by atoms with E-state index < -0.39 is 0 Å². The molecule has 0 saturated heterocycles. The molecule has 1 aromatic rings. The third kappa shape index (κ3) is 5.04. The molecule has 0 aliphatic heterocycles. The van der Waals surface area contributed by atoms with E-state index in [1.165, 1.54) is 24.4 Å². The molecule has 104 valence electrons. The van der Waals surface area contributed by atoms with Crippen molar-refractivity contribution >= 4 is 11.8 Å². The van der Waals surface area contributed by atoms with Crippen LogP contribution in [0.2, 0.25) is 0 Å². The maximum Gasteiger partial charge on any atom is 0.260 e. The van der Waals surface area contributed by atoms with Gasteiger partial charge < -0.3 is 5.32 Å². The van der Waals surface area contributed by atoms with Crippen LogP contribution < -0.4 is 16.2 Å². The molecule has 1 fully saturated rings. The number of rotatable bonds is 6. The van der Waals surface area contributed by atoms with Crippen LogP contribution in [0.1, 0.15) is 25.5 Å². The van der Waals surface area contributed by atoms with E-state index >= 15 is 0 Å². The molecule has 1 aliphatic rings. The Hall–Kier alpha value is -1.96. The van der Waals surface area contributed by atoms with Crippen LogP contribution in [-0.4, -0.2) is 33.4 Å². The molecule has 0 radical (unpaired) electrons. The number of aromatic nitrogens is 3. The van der Waals surface area contributed by atoms with E-state index in [4.69, 9.17) is 0 Å². The molecule has 2 rings (SSSR count). The van der Waals surface area contributed by atoms with Crippen LogP contribution >= 0.6 is 0 Å². The molecule has 0 aromatic carbocycles. The summed E-state index contributed by atoms with van der Waals surface area (Å²) in [5.74, 6) is 0.146. The average Bonchev–Trinajstić information content (AvgIpc) is 3.07. The second kappa shape index (κ2) is 6.28. The zero-order chi connectivity index (χ0) is 13.7. The monoisotopic (exact) mass is 266 g/mol. The molecule has 3 N–H and O–H groups in total. The highest BCUT2D eigenvalue weighted by atomic mass is 16.2. The lowest BCUT2D eigenvalue weighted by Gasteiger charge is -2.04. The van der Waals surface area contributed by atoms with Crippen LogP contribution in [0.3, 0.4) is 0 Å². The number of nitrogens with one attached hydrogen (secondary N) is 3. The summed E-state index contributed by atoms with van der Waals surface area (Å²) in [4.78, 5) is 22.0. The molecule has 1 heterocycles. The SMILES string of the molecule is CC(=O)NNC(=O)Cn1cc(CNCC2CC2)nn1. The van der Waals surface area contributed by atoms with Crippen molar-refractivity contribution in [3.05, 3.63) is 11.9 Å². The first-order valence-corrected chi connectivity index (χ1v) is 6.28. The van der Waals surface area contributed by atoms with Gasteiger partial charge in [-0.3, -0.25) is 20.4 Å². The second-order valence-electron chi connectivity index (χ2n) is 4.71. The average molecular weight is 266 g/mol. The minimum atomic E-state index is -0.349. The van der Waals surface area contributed by atoms with Gasteiger partial charge in [-0.25, -0.2) is 4.68 Å². The van der Waals surface area contributed by atoms with Gasteiger partial charge in [-0.1, -0.05) is 5.21 Å². The topological polar surface area (TPSA) is 101 Å². The zero-order valence-electron chi connectivity index (χ0n) is 10.8. The number of nitrogens with zero attached hydrogens (tertiary/aromatic N) is 3. The van der Waals surface area contributed by atoms with Crippen molar-refractivity contribution in [1.29, 1.82) is 0 Å². The lowest BCUT2D eigenvalue weighted by atomic mass is 10.4. The van der Waals surface area contributed by atoms with Crippen LogP contribution in [0.4, 0.5) is 0 Å². The maximum absolute atomic E-state index is 11.4. The first-order chi connectivity index (χ1) is 9.13. The number of hydrogen-bond acceptors (Lipinski definition) is 5. The zero-order valence-corrected chi connectivity index (χ0v) is 10.8. The van der Waals surface area contributed by atoms with E-state index in [9.17, 15) is 9.59 Å². The normalized spacial score (nSPS) is 14.2. The summed E-state index contributed by atoms with van der Waals surface area (Å²) < 4.78 is 1.44. The predicted molar refractivity (Wildman–Crippen MR) is 66.4 cm³/mol. The number of carbonyl (C=O) groups is 2. The molecule has 8 heteroatoms. The third-order valence-corrected chi connectivity index (χ3v) is 2.71. The summed E-state index contributed by atoms with van der Waals surface area (Å²) >= 11 is 0. The summed E-state index contributed by atoms with van der Waals surface area (Å²) in [6.45, 7) is 3.01. The van der Waals surface area contributed by atoms with E-state index in [0.717, 1.165) is 18.2 Å². The van der Waals surface area contributed by atoms with Crippen LogP contribution in [0.15, 0.2) is 6.20 Å². The third-order valence-electron chi connectivity index (χ3n) is 2.71. The van der Waals surface area contributed by atoms with E-state index in [0.29, 0.717) is 6.54 Å². The van der Waals surface area contributed by atoms with Crippen LogP contribution in [0.5, 0.6) is 0 Å². The summed E-state index contributed by atoms with van der Waals surface area (Å²) in [7, 11) is 0. The lowest BCUT2D eigenvalue weighted by Crippen LogP contribution is -2.42. The van der Waals surface area contributed by atoms with E-state index in [2.05, 4.69) is 26.5 Å². The fraction of sp³-hybridized carbons (Fsp3) is 0.636. The van der Waals surface area contributed by atoms with Crippen molar-refractivity contribution in [2.24, 2.45) is 5.92 Å². The van der Waals surface area contributed by atoms with E-state index in [1.807, 2.05) is 0 Å². The van der Waals surface area contributed by atoms with Gasteiger partial charge in [0, 0.05) is 13.5 Å². The van der Waals surface area contributed by atoms with Crippen LogP contribution in [0.25, 0.3) is 0 Å². The van der Waals surface area contributed by atoms with Crippen molar-refractivity contribution in [1.82, 2.24) is 31.2 Å². The quantitative estimate of drug-likeness (QED) is 0.570. The molecule has 1 saturated carbocycles. The van der Waals surface area contributed by atoms with Crippen LogP contribution in [-0.2, 0) is 22.7 Å². The number of carbonyl (C=O) groups excluding carboxylic acids is 2. The van der Waals surface area contributed by atoms with Gasteiger partial charge in [0.15, 0.2) is 0 Å². The van der Waals surface area contributed by atoms with Crippen LogP contribution in [0, 0.1) is 5.92 Å². The van der Waals surface area contributed by atoms with Gasteiger partial charge >= 0.3 is 0 Å². The Morgan fingerprint density at radius 1 is 1.42 bits per heavy atom. The molecule has 19 heavy (non-hydrogen) atoms. The maximum atomic E-state index is 11.4. The van der Waals surface area contributed by atoms with Crippen molar-refractivity contribution < 1.29 is 9.59 Å². The first-order valence-electron chi connectivity index (χ1n) is 6.28. The highest BCUT2D eigenvalue weighted by molar-refractivity contribution is 5.80. The molecule has 0 unspecified atom stereocenters. The summed E-state index contributed by atoms with van der Waals surface area (Å²) in [6, 6.07) is 0. The minimum Gasteiger partial charge on any atom is -0.311 e. The largest absolute Gasteiger partial charge is 0.311 e. The molecular weight excluding hydrogens is 248 g/mol.